The fourth-order valence-electron chi connectivity index (χ4n) is 1.38. The topological polar surface area (TPSA) is 21.3 Å². The van der Waals surface area contributed by atoms with Crippen LogP contribution in [-0.2, 0) is 17.8 Å². The van der Waals surface area contributed by atoms with Crippen molar-refractivity contribution in [2.45, 2.75) is 26.1 Å². The van der Waals surface area contributed by atoms with E-state index in [9.17, 15) is 4.39 Å². The summed E-state index contributed by atoms with van der Waals surface area (Å²) in [5.41, 5.74) is 4.87. The van der Waals surface area contributed by atoms with Gasteiger partial charge < -0.3 is 4.84 Å². The molecule has 14 heavy (non-hydrogen) atoms. The van der Waals surface area contributed by atoms with Crippen LogP contribution >= 0.6 is 0 Å². The highest BCUT2D eigenvalue weighted by molar-refractivity contribution is 5.27. The molecule has 1 aromatic carbocycles. The molecule has 1 aromatic rings. The Bertz CT molecular complexity index is 276. The minimum absolute atomic E-state index is 0.460. The van der Waals surface area contributed by atoms with Gasteiger partial charge in [0.1, 0.15) is 6.17 Å². The Morgan fingerprint density at radius 2 is 2.00 bits per heavy atom. The van der Waals surface area contributed by atoms with Gasteiger partial charge >= 0.3 is 0 Å². The van der Waals surface area contributed by atoms with Gasteiger partial charge in [-0.2, -0.15) is 5.48 Å². The van der Waals surface area contributed by atoms with Gasteiger partial charge in [-0.25, -0.2) is 4.39 Å². The maximum absolute atomic E-state index is 12.8. The van der Waals surface area contributed by atoms with E-state index in [1.54, 1.807) is 14.0 Å². The molecule has 0 saturated carbocycles. The minimum Gasteiger partial charge on any atom is -0.305 e. The van der Waals surface area contributed by atoms with Gasteiger partial charge in [0.25, 0.3) is 0 Å². The maximum Gasteiger partial charge on any atom is 0.101 e. The Kier molecular flexibility index (Phi) is 4.56. The van der Waals surface area contributed by atoms with E-state index >= 15 is 0 Å². The van der Waals surface area contributed by atoms with Gasteiger partial charge in [-0.3, -0.25) is 0 Å². The molecule has 0 aliphatic carbocycles. The number of hydroxylamine groups is 1. The summed E-state index contributed by atoms with van der Waals surface area (Å²) in [6.45, 7) is 2.18. The monoisotopic (exact) mass is 197 g/mol. The van der Waals surface area contributed by atoms with Crippen LogP contribution in [0.2, 0.25) is 0 Å². The molecule has 0 spiro atoms. The predicted molar refractivity (Wildman–Crippen MR) is 54.6 cm³/mol. The van der Waals surface area contributed by atoms with Gasteiger partial charge in [-0.1, -0.05) is 24.3 Å². The third kappa shape index (κ3) is 3.44. The summed E-state index contributed by atoms with van der Waals surface area (Å²) in [5, 5.41) is 0. The summed E-state index contributed by atoms with van der Waals surface area (Å²) in [7, 11) is 1.57. The first kappa shape index (κ1) is 11.1. The molecule has 0 heterocycles. The third-order valence-corrected chi connectivity index (χ3v) is 2.03. The van der Waals surface area contributed by atoms with Crippen LogP contribution in [0.1, 0.15) is 18.1 Å². The summed E-state index contributed by atoms with van der Waals surface area (Å²) < 4.78 is 12.8. The third-order valence-electron chi connectivity index (χ3n) is 2.03. The molecule has 0 fully saturated rings. The quantitative estimate of drug-likeness (QED) is 0.731. The SMILES string of the molecule is CONCc1ccccc1CC(C)F. The number of rotatable bonds is 5. The lowest BCUT2D eigenvalue weighted by Crippen LogP contribution is -2.13. The van der Waals surface area contributed by atoms with Crippen molar-refractivity contribution < 1.29 is 9.23 Å². The van der Waals surface area contributed by atoms with Gasteiger partial charge in [-0.05, 0) is 18.1 Å². The molecule has 0 amide bonds. The molecule has 1 N–H and O–H groups in total. The van der Waals surface area contributed by atoms with Gasteiger partial charge in [-0.15, -0.1) is 0 Å². The van der Waals surface area contributed by atoms with Crippen LogP contribution in [-0.4, -0.2) is 13.3 Å². The number of hydrogen-bond donors (Lipinski definition) is 1. The average Bonchev–Trinajstić information content (AvgIpc) is 2.16. The molecule has 0 aliphatic heterocycles. The molecule has 2 nitrogen and oxygen atoms in total. The first-order valence-electron chi connectivity index (χ1n) is 4.70. The lowest BCUT2D eigenvalue weighted by Gasteiger charge is -2.09. The average molecular weight is 197 g/mol. The molecule has 0 aromatic heterocycles. The second-order valence-electron chi connectivity index (χ2n) is 3.28. The summed E-state index contributed by atoms with van der Waals surface area (Å²) in [4.78, 5) is 4.76. The largest absolute Gasteiger partial charge is 0.305 e. The Labute approximate surface area is 84.0 Å². The van der Waals surface area contributed by atoms with Crippen molar-refractivity contribution in [2.75, 3.05) is 7.11 Å². The van der Waals surface area contributed by atoms with E-state index in [0.29, 0.717) is 13.0 Å². The lowest BCUT2D eigenvalue weighted by molar-refractivity contribution is 0.0864. The van der Waals surface area contributed by atoms with Gasteiger partial charge in [0.05, 0.1) is 7.11 Å². The van der Waals surface area contributed by atoms with Crippen molar-refractivity contribution in [2.24, 2.45) is 0 Å². The van der Waals surface area contributed by atoms with E-state index < -0.39 is 6.17 Å². The molecule has 0 aliphatic rings. The predicted octanol–water partition coefficient (Wildman–Crippen LogP) is 2.24. The maximum atomic E-state index is 12.8. The Balaban J connectivity index is 2.69. The van der Waals surface area contributed by atoms with Crippen molar-refractivity contribution in [1.82, 2.24) is 5.48 Å². The van der Waals surface area contributed by atoms with Crippen LogP contribution in [0.25, 0.3) is 0 Å². The van der Waals surface area contributed by atoms with Crippen molar-refractivity contribution in [1.29, 1.82) is 0 Å². The molecule has 3 heteroatoms. The number of alkyl halides is 1. The van der Waals surface area contributed by atoms with E-state index in [1.807, 2.05) is 24.3 Å². The zero-order chi connectivity index (χ0) is 10.4. The van der Waals surface area contributed by atoms with Crippen molar-refractivity contribution in [3.05, 3.63) is 35.4 Å². The fraction of sp³-hybridized carbons (Fsp3) is 0.455. The molecule has 78 valence electrons. The highest BCUT2D eigenvalue weighted by atomic mass is 19.1. The smallest absolute Gasteiger partial charge is 0.101 e. The van der Waals surface area contributed by atoms with Gasteiger partial charge in [0.15, 0.2) is 0 Å². The van der Waals surface area contributed by atoms with Gasteiger partial charge in [0, 0.05) is 13.0 Å². The number of nitrogens with one attached hydrogen (secondary N) is 1. The zero-order valence-electron chi connectivity index (χ0n) is 8.59. The molecule has 1 rings (SSSR count). The first-order valence-corrected chi connectivity index (χ1v) is 4.70. The normalized spacial score (nSPS) is 12.8. The molecule has 1 unspecified atom stereocenters. The highest BCUT2D eigenvalue weighted by Gasteiger charge is 2.05. The number of hydrogen-bond acceptors (Lipinski definition) is 2. The Morgan fingerprint density at radius 1 is 1.36 bits per heavy atom. The second-order valence-corrected chi connectivity index (χ2v) is 3.28. The first-order chi connectivity index (χ1) is 6.74. The van der Waals surface area contributed by atoms with Gasteiger partial charge in [0.2, 0.25) is 0 Å². The Hall–Kier alpha value is -0.930. The second kappa shape index (κ2) is 5.73. The summed E-state index contributed by atoms with van der Waals surface area (Å²) in [5.74, 6) is 0. The van der Waals surface area contributed by atoms with Crippen molar-refractivity contribution >= 4 is 0 Å². The van der Waals surface area contributed by atoms with Crippen LogP contribution < -0.4 is 5.48 Å². The van der Waals surface area contributed by atoms with Crippen molar-refractivity contribution in [3.63, 3.8) is 0 Å². The van der Waals surface area contributed by atoms with Crippen LogP contribution in [0.5, 0.6) is 0 Å². The minimum atomic E-state index is -0.807. The van der Waals surface area contributed by atoms with Crippen LogP contribution in [0.3, 0.4) is 0 Å². The van der Waals surface area contributed by atoms with Crippen LogP contribution in [0.15, 0.2) is 24.3 Å². The van der Waals surface area contributed by atoms with Crippen LogP contribution in [0.4, 0.5) is 4.39 Å². The molecular formula is C11H16FNO. The fourth-order valence-corrected chi connectivity index (χ4v) is 1.38. The molecule has 1 atom stereocenters. The highest BCUT2D eigenvalue weighted by Crippen LogP contribution is 2.12. The summed E-state index contributed by atoms with van der Waals surface area (Å²) in [6, 6.07) is 7.79. The van der Waals surface area contributed by atoms with E-state index in [1.165, 1.54) is 0 Å². The molecular weight excluding hydrogens is 181 g/mol. The zero-order valence-corrected chi connectivity index (χ0v) is 8.59. The molecule has 0 saturated heterocycles. The van der Waals surface area contributed by atoms with E-state index in [0.717, 1.165) is 11.1 Å². The Morgan fingerprint density at radius 3 is 2.57 bits per heavy atom. The molecule has 0 bridgehead atoms. The van der Waals surface area contributed by atoms with E-state index in [4.69, 9.17) is 4.84 Å². The molecule has 0 radical (unpaired) electrons. The number of benzene rings is 1. The van der Waals surface area contributed by atoms with E-state index in [2.05, 4.69) is 5.48 Å². The van der Waals surface area contributed by atoms with Crippen LogP contribution in [0, 0.1) is 0 Å². The standard InChI is InChI=1S/C11H16FNO/c1-9(12)7-10-5-3-4-6-11(10)8-13-14-2/h3-6,9,13H,7-8H2,1-2H3. The summed E-state index contributed by atoms with van der Waals surface area (Å²) >= 11 is 0. The lowest BCUT2D eigenvalue weighted by atomic mass is 10.0. The number of halogens is 1. The van der Waals surface area contributed by atoms with E-state index in [-0.39, 0.29) is 0 Å². The summed E-state index contributed by atoms with van der Waals surface area (Å²) in [6.07, 6.45) is -0.347. The van der Waals surface area contributed by atoms with Crippen molar-refractivity contribution in [3.8, 4) is 0 Å².